The maximum absolute atomic E-state index is 5.99. The van der Waals surface area contributed by atoms with Crippen molar-refractivity contribution < 1.29 is 4.52 Å². The van der Waals surface area contributed by atoms with Gasteiger partial charge >= 0.3 is 0 Å². The van der Waals surface area contributed by atoms with Crippen LogP contribution in [0.4, 0.5) is 5.69 Å². The van der Waals surface area contributed by atoms with E-state index < -0.39 is 0 Å². The molecule has 0 saturated heterocycles. The monoisotopic (exact) mass is 428 g/mol. The summed E-state index contributed by atoms with van der Waals surface area (Å²) in [6.45, 7) is 0. The molecule has 1 aromatic carbocycles. The van der Waals surface area contributed by atoms with Gasteiger partial charge < -0.3 is 10.3 Å². The topological polar surface area (TPSA) is 77.8 Å². The second-order valence-electron chi connectivity index (χ2n) is 4.14. The predicted molar refractivity (Wildman–Crippen MR) is 87.8 cm³/mol. The van der Waals surface area contributed by atoms with Crippen molar-refractivity contribution in [2.24, 2.45) is 0 Å². The van der Waals surface area contributed by atoms with Gasteiger partial charge in [0.05, 0.1) is 10.7 Å². The number of nitrogens with two attached hydrogens (primary N) is 1. The molecule has 3 rings (SSSR count). The van der Waals surface area contributed by atoms with E-state index in [1.807, 2.05) is 6.07 Å². The van der Waals surface area contributed by atoms with Crippen molar-refractivity contribution >= 4 is 49.1 Å². The molecule has 0 saturated carbocycles. The Labute approximate surface area is 141 Å². The number of halogens is 3. The third-order valence-electron chi connectivity index (χ3n) is 2.69. The molecule has 21 heavy (non-hydrogen) atoms. The number of anilines is 1. The van der Waals surface area contributed by atoms with Gasteiger partial charge in [-0.2, -0.15) is 4.98 Å². The maximum Gasteiger partial charge on any atom is 0.258 e. The zero-order valence-electron chi connectivity index (χ0n) is 10.3. The van der Waals surface area contributed by atoms with E-state index in [1.165, 1.54) is 0 Å². The summed E-state index contributed by atoms with van der Waals surface area (Å²) >= 11 is 12.8. The maximum atomic E-state index is 5.99. The quantitative estimate of drug-likeness (QED) is 0.603. The number of hydrogen-bond donors (Lipinski definition) is 1. The molecule has 0 aliphatic heterocycles. The molecule has 3 aromatic rings. The SMILES string of the molecule is Nc1ccc(-c2nc(-c3ncc(Br)cc3Br)no2)cc1Cl. The summed E-state index contributed by atoms with van der Waals surface area (Å²) in [4.78, 5) is 8.59. The molecule has 0 aliphatic rings. The Balaban J connectivity index is 2.01. The minimum absolute atomic E-state index is 0.350. The summed E-state index contributed by atoms with van der Waals surface area (Å²) < 4.78 is 6.87. The summed E-state index contributed by atoms with van der Waals surface area (Å²) in [6, 6.07) is 6.99. The van der Waals surface area contributed by atoms with Crippen LogP contribution in [0.15, 0.2) is 43.9 Å². The van der Waals surface area contributed by atoms with E-state index in [4.69, 9.17) is 21.9 Å². The summed E-state index contributed by atoms with van der Waals surface area (Å²) in [5, 5.41) is 4.38. The van der Waals surface area contributed by atoms with E-state index in [1.54, 1.807) is 24.4 Å². The van der Waals surface area contributed by atoms with Crippen LogP contribution < -0.4 is 5.73 Å². The third kappa shape index (κ3) is 2.95. The molecule has 2 heterocycles. The Morgan fingerprint density at radius 2 is 2.00 bits per heavy atom. The van der Waals surface area contributed by atoms with Crippen molar-refractivity contribution in [3.05, 3.63) is 44.4 Å². The van der Waals surface area contributed by atoms with E-state index in [-0.39, 0.29) is 0 Å². The molecule has 106 valence electrons. The second-order valence-corrected chi connectivity index (χ2v) is 6.32. The Hall–Kier alpha value is -1.44. The molecular weight excluding hydrogens is 423 g/mol. The van der Waals surface area contributed by atoms with Crippen molar-refractivity contribution in [1.29, 1.82) is 0 Å². The van der Waals surface area contributed by atoms with Gasteiger partial charge in [0.25, 0.3) is 5.89 Å². The van der Waals surface area contributed by atoms with Crippen LogP contribution in [-0.4, -0.2) is 15.1 Å². The van der Waals surface area contributed by atoms with E-state index in [0.29, 0.717) is 33.7 Å². The normalized spacial score (nSPS) is 10.8. The van der Waals surface area contributed by atoms with Crippen molar-refractivity contribution in [3.8, 4) is 23.0 Å². The molecule has 0 spiro atoms. The zero-order valence-corrected chi connectivity index (χ0v) is 14.3. The molecular formula is C13H7Br2ClN4O. The van der Waals surface area contributed by atoms with Crippen LogP contribution in [0.1, 0.15) is 0 Å². The summed E-state index contributed by atoms with van der Waals surface area (Å²) in [5.74, 6) is 0.737. The number of benzene rings is 1. The Bertz CT molecular complexity index is 822. The van der Waals surface area contributed by atoms with Crippen molar-refractivity contribution in [1.82, 2.24) is 15.1 Å². The van der Waals surface area contributed by atoms with Crippen LogP contribution in [0, 0.1) is 0 Å². The van der Waals surface area contributed by atoms with Crippen molar-refractivity contribution in [2.45, 2.75) is 0 Å². The first-order valence-corrected chi connectivity index (χ1v) is 7.71. The van der Waals surface area contributed by atoms with E-state index >= 15 is 0 Å². The van der Waals surface area contributed by atoms with Gasteiger partial charge in [0, 0.05) is 20.7 Å². The fourth-order valence-electron chi connectivity index (χ4n) is 1.68. The Kier molecular flexibility index (Phi) is 3.97. The lowest BCUT2D eigenvalue weighted by atomic mass is 10.2. The molecule has 0 atom stereocenters. The highest BCUT2D eigenvalue weighted by Crippen LogP contribution is 2.30. The van der Waals surface area contributed by atoms with Crippen LogP contribution in [0.5, 0.6) is 0 Å². The minimum Gasteiger partial charge on any atom is -0.398 e. The largest absolute Gasteiger partial charge is 0.398 e. The van der Waals surface area contributed by atoms with Gasteiger partial charge in [0.1, 0.15) is 5.69 Å². The Morgan fingerprint density at radius 1 is 1.19 bits per heavy atom. The predicted octanol–water partition coefficient (Wildman–Crippen LogP) is 4.56. The van der Waals surface area contributed by atoms with Gasteiger partial charge in [0.2, 0.25) is 5.82 Å². The number of rotatable bonds is 2. The molecule has 0 fully saturated rings. The van der Waals surface area contributed by atoms with E-state index in [9.17, 15) is 0 Å². The first-order valence-electron chi connectivity index (χ1n) is 5.75. The highest BCUT2D eigenvalue weighted by atomic mass is 79.9. The van der Waals surface area contributed by atoms with Gasteiger partial charge in [0.15, 0.2) is 0 Å². The number of nitrogen functional groups attached to an aromatic ring is 1. The van der Waals surface area contributed by atoms with E-state index in [2.05, 4.69) is 47.0 Å². The second kappa shape index (κ2) is 5.75. The van der Waals surface area contributed by atoms with E-state index in [0.717, 1.165) is 8.95 Å². The number of aromatic nitrogens is 3. The van der Waals surface area contributed by atoms with Crippen LogP contribution in [0.2, 0.25) is 5.02 Å². The highest BCUT2D eigenvalue weighted by Gasteiger charge is 2.15. The summed E-state index contributed by atoms with van der Waals surface area (Å²) in [7, 11) is 0. The first kappa shape index (κ1) is 14.5. The molecule has 0 bridgehead atoms. The molecule has 2 N–H and O–H groups in total. The lowest BCUT2D eigenvalue weighted by Gasteiger charge is -1.99. The standard InChI is InChI=1S/C13H7Br2ClN4O/c14-7-4-8(15)11(18-5-7)12-19-13(21-20-12)6-1-2-10(17)9(16)3-6/h1-5H,17H2. The van der Waals surface area contributed by atoms with Gasteiger partial charge in [-0.1, -0.05) is 16.8 Å². The lowest BCUT2D eigenvalue weighted by molar-refractivity contribution is 0.432. The molecule has 0 radical (unpaired) electrons. The average molecular weight is 430 g/mol. The average Bonchev–Trinajstić information content (AvgIpc) is 2.91. The molecule has 0 unspecified atom stereocenters. The number of hydrogen-bond acceptors (Lipinski definition) is 5. The van der Waals surface area contributed by atoms with Crippen LogP contribution >= 0.6 is 43.5 Å². The summed E-state index contributed by atoms with van der Waals surface area (Å²) in [6.07, 6.45) is 1.66. The molecule has 8 heteroatoms. The molecule has 0 aliphatic carbocycles. The first-order chi connectivity index (χ1) is 10.0. The summed E-state index contributed by atoms with van der Waals surface area (Å²) in [5.41, 5.74) is 7.46. The van der Waals surface area contributed by atoms with Gasteiger partial charge in [-0.15, -0.1) is 0 Å². The zero-order chi connectivity index (χ0) is 15.0. The van der Waals surface area contributed by atoms with Gasteiger partial charge in [-0.05, 0) is 56.1 Å². The number of pyridine rings is 1. The van der Waals surface area contributed by atoms with Crippen molar-refractivity contribution in [3.63, 3.8) is 0 Å². The van der Waals surface area contributed by atoms with Crippen LogP contribution in [0.3, 0.4) is 0 Å². The smallest absolute Gasteiger partial charge is 0.258 e. The molecule has 5 nitrogen and oxygen atoms in total. The van der Waals surface area contributed by atoms with Crippen molar-refractivity contribution in [2.75, 3.05) is 5.73 Å². The van der Waals surface area contributed by atoms with Gasteiger partial charge in [-0.3, -0.25) is 4.98 Å². The van der Waals surface area contributed by atoms with Crippen LogP contribution in [0.25, 0.3) is 23.0 Å². The fraction of sp³-hybridized carbons (Fsp3) is 0. The lowest BCUT2D eigenvalue weighted by Crippen LogP contribution is -1.88. The van der Waals surface area contributed by atoms with Crippen LogP contribution in [-0.2, 0) is 0 Å². The third-order valence-corrected chi connectivity index (χ3v) is 4.06. The Morgan fingerprint density at radius 3 is 2.71 bits per heavy atom. The molecule has 2 aromatic heterocycles. The molecule has 0 amide bonds. The number of nitrogens with zero attached hydrogens (tertiary/aromatic N) is 3. The minimum atomic E-state index is 0.350. The highest BCUT2D eigenvalue weighted by molar-refractivity contribution is 9.11. The fourth-order valence-corrected chi connectivity index (χ4v) is 3.02. The van der Waals surface area contributed by atoms with Gasteiger partial charge in [-0.25, -0.2) is 0 Å².